The Balaban J connectivity index is 2.16. The molecule has 1 heterocycles. The van der Waals surface area contributed by atoms with Crippen LogP contribution in [-0.4, -0.2) is 43.7 Å². The first-order valence-corrected chi connectivity index (χ1v) is 5.99. The first-order valence-electron chi connectivity index (χ1n) is 5.65. The smallest absolute Gasteiger partial charge is 0.340 e. The van der Waals surface area contributed by atoms with Gasteiger partial charge in [0.05, 0.1) is 12.7 Å². The predicted molar refractivity (Wildman–Crippen MR) is 67.4 cm³/mol. The van der Waals surface area contributed by atoms with Crippen LogP contribution in [0.15, 0.2) is 18.2 Å². The van der Waals surface area contributed by atoms with E-state index in [2.05, 4.69) is 4.74 Å². The Morgan fingerprint density at radius 2 is 2.00 bits per heavy atom. The van der Waals surface area contributed by atoms with Gasteiger partial charge in [0.1, 0.15) is 5.82 Å². The van der Waals surface area contributed by atoms with Gasteiger partial charge in [-0.1, -0.05) is 0 Å². The van der Waals surface area contributed by atoms with E-state index in [4.69, 9.17) is 11.8 Å². The Kier molecular flexibility index (Phi) is 4.04. The van der Waals surface area contributed by atoms with E-state index in [-0.39, 0.29) is 5.56 Å². The van der Waals surface area contributed by atoms with Crippen molar-refractivity contribution in [1.29, 1.82) is 0 Å². The molecule has 1 fully saturated rings. The summed E-state index contributed by atoms with van der Waals surface area (Å²) in [5.41, 5.74) is 0.710. The second-order valence-electron chi connectivity index (χ2n) is 4.05. The zero-order chi connectivity index (χ0) is 13.1. The molecule has 0 N–H and O–H groups in total. The van der Waals surface area contributed by atoms with E-state index in [1.165, 1.54) is 19.2 Å². The molecule has 0 atom stereocenters. The minimum absolute atomic E-state index is 0.0442. The van der Waals surface area contributed by atoms with Crippen LogP contribution in [0.25, 0.3) is 0 Å². The number of carbonyl (C=O) groups excluding carboxylic acids is 1. The Bertz CT molecular complexity index is 448. The van der Waals surface area contributed by atoms with Crippen molar-refractivity contribution in [2.24, 2.45) is 0 Å². The third-order valence-electron chi connectivity index (χ3n) is 2.95. The van der Waals surface area contributed by atoms with E-state index in [1.54, 1.807) is 10.5 Å². The molecule has 0 saturated carbocycles. The summed E-state index contributed by atoms with van der Waals surface area (Å²) in [6.07, 6.45) is 0. The zero-order valence-corrected chi connectivity index (χ0v) is 10.8. The Hall–Kier alpha value is -1.33. The molecule has 2 rings (SSSR count). The largest absolute Gasteiger partial charge is 0.465 e. The molecule has 98 valence electrons. The molecule has 1 aromatic rings. The van der Waals surface area contributed by atoms with Gasteiger partial charge in [-0.05, 0) is 30.0 Å². The highest BCUT2D eigenvalue weighted by atomic mass is 35.5. The molecule has 18 heavy (non-hydrogen) atoms. The lowest BCUT2D eigenvalue weighted by Crippen LogP contribution is -2.42. The monoisotopic (exact) mass is 272 g/mol. The van der Waals surface area contributed by atoms with Crippen molar-refractivity contribution in [1.82, 2.24) is 4.42 Å². The quantitative estimate of drug-likeness (QED) is 0.608. The maximum atomic E-state index is 13.8. The topological polar surface area (TPSA) is 32.8 Å². The van der Waals surface area contributed by atoms with Crippen LogP contribution in [-0.2, 0) is 4.74 Å². The average Bonchev–Trinajstić information content (AvgIpc) is 2.38. The number of nitrogens with zero attached hydrogens (tertiary/aromatic N) is 2. The third kappa shape index (κ3) is 2.73. The molecule has 6 heteroatoms. The van der Waals surface area contributed by atoms with E-state index in [0.717, 1.165) is 31.9 Å². The van der Waals surface area contributed by atoms with Crippen molar-refractivity contribution in [2.75, 3.05) is 38.2 Å². The molecule has 4 nitrogen and oxygen atoms in total. The number of hydrogen-bond acceptors (Lipinski definition) is 4. The standard InChI is InChI=1S/C12H14ClFN2O2/c1-18-12(17)10-3-2-9(8-11(10)14)15-4-6-16(13)7-5-15/h2-3,8H,4-7H2,1H3. The van der Waals surface area contributed by atoms with Gasteiger partial charge in [-0.3, -0.25) is 0 Å². The minimum atomic E-state index is -0.662. The van der Waals surface area contributed by atoms with Gasteiger partial charge in [0.2, 0.25) is 0 Å². The number of piperazine rings is 1. The fourth-order valence-corrected chi connectivity index (χ4v) is 2.07. The van der Waals surface area contributed by atoms with E-state index >= 15 is 0 Å². The number of carbonyl (C=O) groups is 1. The van der Waals surface area contributed by atoms with Crippen molar-refractivity contribution < 1.29 is 13.9 Å². The van der Waals surface area contributed by atoms with Crippen molar-refractivity contribution in [3.8, 4) is 0 Å². The zero-order valence-electron chi connectivity index (χ0n) is 10.0. The molecule has 0 aliphatic carbocycles. The Labute approximate surface area is 110 Å². The maximum Gasteiger partial charge on any atom is 0.340 e. The normalized spacial score (nSPS) is 16.7. The number of esters is 1. The van der Waals surface area contributed by atoms with Crippen molar-refractivity contribution in [2.45, 2.75) is 0 Å². The summed E-state index contributed by atoms with van der Waals surface area (Å²) in [6.45, 7) is 2.92. The van der Waals surface area contributed by atoms with E-state index in [1.807, 2.05) is 4.90 Å². The molecule has 1 aliphatic heterocycles. The van der Waals surface area contributed by atoms with E-state index < -0.39 is 11.8 Å². The van der Waals surface area contributed by atoms with Crippen LogP contribution in [0, 0.1) is 5.82 Å². The van der Waals surface area contributed by atoms with Crippen LogP contribution in [0.5, 0.6) is 0 Å². The van der Waals surface area contributed by atoms with Gasteiger partial charge < -0.3 is 9.64 Å². The number of ether oxygens (including phenoxy) is 1. The number of benzene rings is 1. The predicted octanol–water partition coefficient (Wildman–Crippen LogP) is 1.89. The lowest BCUT2D eigenvalue weighted by molar-refractivity contribution is 0.0595. The summed E-state index contributed by atoms with van der Waals surface area (Å²) >= 11 is 5.86. The first-order chi connectivity index (χ1) is 8.61. The fourth-order valence-electron chi connectivity index (χ4n) is 1.92. The summed E-state index contributed by atoms with van der Waals surface area (Å²) in [7, 11) is 1.23. The molecule has 0 radical (unpaired) electrons. The van der Waals surface area contributed by atoms with Crippen LogP contribution in [0.4, 0.5) is 10.1 Å². The molecule has 0 aromatic heterocycles. The van der Waals surface area contributed by atoms with Crippen LogP contribution in [0.1, 0.15) is 10.4 Å². The number of anilines is 1. The van der Waals surface area contributed by atoms with Gasteiger partial charge in [0.25, 0.3) is 0 Å². The van der Waals surface area contributed by atoms with Crippen LogP contribution < -0.4 is 4.90 Å². The van der Waals surface area contributed by atoms with E-state index in [0.29, 0.717) is 0 Å². The van der Waals surface area contributed by atoms with E-state index in [9.17, 15) is 9.18 Å². The highest BCUT2D eigenvalue weighted by Crippen LogP contribution is 2.21. The summed E-state index contributed by atoms with van der Waals surface area (Å²) in [5, 5.41) is 0. The molecular formula is C12H14ClFN2O2. The molecule has 1 saturated heterocycles. The SMILES string of the molecule is COC(=O)c1ccc(N2CCN(Cl)CC2)cc1F. The van der Waals surface area contributed by atoms with Gasteiger partial charge in [0.15, 0.2) is 0 Å². The summed E-state index contributed by atoms with van der Waals surface area (Å²) in [6, 6.07) is 4.53. The summed E-state index contributed by atoms with van der Waals surface area (Å²) in [5.74, 6) is -1.22. The molecule has 1 aliphatic rings. The maximum absolute atomic E-state index is 13.8. The Morgan fingerprint density at radius 3 is 2.56 bits per heavy atom. The molecule has 0 bridgehead atoms. The Morgan fingerprint density at radius 1 is 1.33 bits per heavy atom. The van der Waals surface area contributed by atoms with Gasteiger partial charge >= 0.3 is 5.97 Å². The van der Waals surface area contributed by atoms with Crippen molar-refractivity contribution in [3.05, 3.63) is 29.6 Å². The summed E-state index contributed by atoms with van der Waals surface area (Å²) in [4.78, 5) is 13.3. The molecule has 0 unspecified atom stereocenters. The second-order valence-corrected chi connectivity index (χ2v) is 4.53. The molecule has 0 spiro atoms. The highest BCUT2D eigenvalue weighted by molar-refractivity contribution is 6.13. The molecule has 0 amide bonds. The van der Waals surface area contributed by atoms with Crippen molar-refractivity contribution >= 4 is 23.4 Å². The van der Waals surface area contributed by atoms with Gasteiger partial charge in [-0.15, -0.1) is 0 Å². The minimum Gasteiger partial charge on any atom is -0.465 e. The summed E-state index contributed by atoms with van der Waals surface area (Å²) < 4.78 is 20.0. The average molecular weight is 273 g/mol. The number of hydrogen-bond donors (Lipinski definition) is 0. The lowest BCUT2D eigenvalue weighted by Gasteiger charge is -2.32. The lowest BCUT2D eigenvalue weighted by atomic mass is 10.1. The third-order valence-corrected chi connectivity index (χ3v) is 3.29. The first kappa shape index (κ1) is 13.1. The second kappa shape index (κ2) is 5.54. The number of rotatable bonds is 2. The van der Waals surface area contributed by atoms with Gasteiger partial charge in [-0.25, -0.2) is 13.6 Å². The van der Waals surface area contributed by atoms with Gasteiger partial charge in [0, 0.05) is 31.9 Å². The van der Waals surface area contributed by atoms with Crippen molar-refractivity contribution in [3.63, 3.8) is 0 Å². The van der Waals surface area contributed by atoms with Crippen LogP contribution >= 0.6 is 11.8 Å². The van der Waals surface area contributed by atoms with Crippen LogP contribution in [0.3, 0.4) is 0 Å². The number of halogens is 2. The van der Waals surface area contributed by atoms with Crippen LogP contribution in [0.2, 0.25) is 0 Å². The molecular weight excluding hydrogens is 259 g/mol. The number of methoxy groups -OCH3 is 1. The fraction of sp³-hybridized carbons (Fsp3) is 0.417. The molecule has 1 aromatic carbocycles. The van der Waals surface area contributed by atoms with Gasteiger partial charge in [-0.2, -0.15) is 0 Å². The highest BCUT2D eigenvalue weighted by Gasteiger charge is 2.18.